The second-order valence-electron chi connectivity index (χ2n) is 8.13. The third-order valence-electron chi connectivity index (χ3n) is 5.91. The number of nitrogens with zero attached hydrogens (tertiary/aromatic N) is 2. The first-order chi connectivity index (χ1) is 14.4. The van der Waals surface area contributed by atoms with Crippen molar-refractivity contribution in [2.24, 2.45) is 0 Å². The number of benzene rings is 2. The summed E-state index contributed by atoms with van der Waals surface area (Å²) < 4.78 is 26.9. The van der Waals surface area contributed by atoms with E-state index < -0.39 is 11.6 Å². The molecule has 1 aromatic heterocycles. The van der Waals surface area contributed by atoms with Crippen LogP contribution >= 0.6 is 11.3 Å². The van der Waals surface area contributed by atoms with E-state index in [9.17, 15) is 13.9 Å². The number of aromatic hydroxyl groups is 1. The molecule has 1 aliphatic heterocycles. The molecule has 0 radical (unpaired) electrons. The van der Waals surface area contributed by atoms with E-state index >= 15 is 0 Å². The molecule has 2 heterocycles. The summed E-state index contributed by atoms with van der Waals surface area (Å²) in [6, 6.07) is 14.3. The van der Waals surface area contributed by atoms with Crippen LogP contribution in [0.3, 0.4) is 0 Å². The monoisotopic (exact) mass is 428 g/mol. The highest BCUT2D eigenvalue weighted by Gasteiger charge is 2.35. The molecule has 0 saturated carbocycles. The van der Waals surface area contributed by atoms with Gasteiger partial charge in [0.15, 0.2) is 11.6 Å². The lowest BCUT2D eigenvalue weighted by Gasteiger charge is -2.47. The molecule has 0 amide bonds. The lowest BCUT2D eigenvalue weighted by molar-refractivity contribution is 0.0195. The molecule has 2 aromatic carbocycles. The van der Waals surface area contributed by atoms with Gasteiger partial charge in [-0.15, -0.1) is 0 Å². The fourth-order valence-electron chi connectivity index (χ4n) is 4.38. The summed E-state index contributed by atoms with van der Waals surface area (Å²) in [6.45, 7) is 6.62. The molecule has 3 aromatic rings. The van der Waals surface area contributed by atoms with Gasteiger partial charge in [0.05, 0.1) is 6.04 Å². The van der Waals surface area contributed by atoms with Gasteiger partial charge in [-0.2, -0.15) is 11.3 Å². The molecule has 0 aliphatic carbocycles. The Morgan fingerprint density at radius 1 is 1.00 bits per heavy atom. The van der Waals surface area contributed by atoms with Gasteiger partial charge in [0.25, 0.3) is 0 Å². The molecule has 0 unspecified atom stereocenters. The minimum atomic E-state index is -0.810. The summed E-state index contributed by atoms with van der Waals surface area (Å²) in [5.74, 6) is -1.34. The van der Waals surface area contributed by atoms with Gasteiger partial charge in [-0.05, 0) is 71.6 Å². The Bertz CT molecular complexity index is 995. The third kappa shape index (κ3) is 4.41. The van der Waals surface area contributed by atoms with Crippen molar-refractivity contribution in [3.05, 3.63) is 87.6 Å². The van der Waals surface area contributed by atoms with Crippen LogP contribution in [0.5, 0.6) is 5.75 Å². The van der Waals surface area contributed by atoms with Crippen molar-refractivity contribution in [2.45, 2.75) is 38.5 Å². The second-order valence-corrected chi connectivity index (χ2v) is 8.91. The number of hydrogen-bond acceptors (Lipinski definition) is 4. The smallest absolute Gasteiger partial charge is 0.159 e. The lowest BCUT2D eigenvalue weighted by Crippen LogP contribution is -2.56. The molecule has 1 aliphatic rings. The van der Waals surface area contributed by atoms with E-state index in [1.54, 1.807) is 23.5 Å². The van der Waals surface area contributed by atoms with Crippen molar-refractivity contribution in [3.8, 4) is 5.75 Å². The number of phenolic OH excluding ortho intramolecular Hbond substituents is 1. The number of halogens is 2. The van der Waals surface area contributed by atoms with Crippen LogP contribution in [-0.4, -0.2) is 40.1 Å². The van der Waals surface area contributed by atoms with Crippen LogP contribution in [0.15, 0.2) is 59.3 Å². The first kappa shape index (κ1) is 21.0. The van der Waals surface area contributed by atoms with Gasteiger partial charge < -0.3 is 5.11 Å². The summed E-state index contributed by atoms with van der Waals surface area (Å²) in [7, 11) is 0. The molecule has 30 heavy (non-hydrogen) atoms. The van der Waals surface area contributed by atoms with Gasteiger partial charge in [0.2, 0.25) is 0 Å². The van der Waals surface area contributed by atoms with Crippen LogP contribution < -0.4 is 0 Å². The van der Waals surface area contributed by atoms with Crippen molar-refractivity contribution in [1.29, 1.82) is 0 Å². The number of hydrogen-bond donors (Lipinski definition) is 1. The average molecular weight is 429 g/mol. The van der Waals surface area contributed by atoms with Gasteiger partial charge >= 0.3 is 0 Å². The molecule has 0 bridgehead atoms. The predicted molar refractivity (Wildman–Crippen MR) is 117 cm³/mol. The minimum absolute atomic E-state index is 0.0613. The molecule has 1 saturated heterocycles. The van der Waals surface area contributed by atoms with E-state index in [0.717, 1.165) is 24.2 Å². The Labute approximate surface area is 180 Å². The molecule has 158 valence electrons. The highest BCUT2D eigenvalue weighted by atomic mass is 32.1. The number of thiophene rings is 1. The molecule has 4 rings (SSSR count). The van der Waals surface area contributed by atoms with Crippen molar-refractivity contribution >= 4 is 11.3 Å². The fraction of sp³-hybridized carbons (Fsp3) is 0.333. The zero-order valence-corrected chi connectivity index (χ0v) is 17.9. The Balaban J connectivity index is 1.57. The van der Waals surface area contributed by atoms with Gasteiger partial charge in [-0.25, -0.2) is 8.78 Å². The first-order valence-electron chi connectivity index (χ1n) is 10.2. The first-order valence-corrected chi connectivity index (χ1v) is 11.1. The fourth-order valence-corrected chi connectivity index (χ4v) is 5.06. The average Bonchev–Trinajstić information content (AvgIpc) is 3.23. The summed E-state index contributed by atoms with van der Waals surface area (Å²) in [5, 5.41) is 14.3. The van der Waals surface area contributed by atoms with Crippen LogP contribution in [0.2, 0.25) is 0 Å². The summed E-state index contributed by atoms with van der Waals surface area (Å²) in [4.78, 5) is 4.80. The van der Waals surface area contributed by atoms with E-state index in [-0.39, 0.29) is 23.9 Å². The van der Waals surface area contributed by atoms with Crippen LogP contribution in [0, 0.1) is 11.6 Å². The zero-order chi connectivity index (χ0) is 21.3. The van der Waals surface area contributed by atoms with Gasteiger partial charge in [0, 0.05) is 31.7 Å². The number of phenols is 1. The quantitative estimate of drug-likeness (QED) is 0.588. The van der Waals surface area contributed by atoms with Gasteiger partial charge in [-0.1, -0.05) is 18.2 Å². The SMILES string of the molecule is C[C@@H]1CN([C@H](c2ccsc2)c2cccc(O)c2)[C@@H](C)CN1Cc1ccc(F)c(F)c1. The topological polar surface area (TPSA) is 26.7 Å². The molecule has 1 fully saturated rings. The Morgan fingerprint density at radius 2 is 1.83 bits per heavy atom. The summed E-state index contributed by atoms with van der Waals surface area (Å²) in [6.07, 6.45) is 0. The van der Waals surface area contributed by atoms with E-state index in [1.165, 1.54) is 17.7 Å². The van der Waals surface area contributed by atoms with Crippen LogP contribution in [0.4, 0.5) is 8.78 Å². The molecule has 3 nitrogen and oxygen atoms in total. The number of rotatable bonds is 5. The Morgan fingerprint density at radius 3 is 2.53 bits per heavy atom. The maximum atomic E-state index is 13.6. The second kappa shape index (κ2) is 8.84. The summed E-state index contributed by atoms with van der Waals surface area (Å²) >= 11 is 1.67. The van der Waals surface area contributed by atoms with Gasteiger partial charge in [-0.3, -0.25) is 9.80 Å². The predicted octanol–water partition coefficient (Wildman–Crippen LogP) is 5.42. The van der Waals surface area contributed by atoms with Crippen molar-refractivity contribution < 1.29 is 13.9 Å². The summed E-state index contributed by atoms with van der Waals surface area (Å²) in [5.41, 5.74) is 3.07. The third-order valence-corrected chi connectivity index (χ3v) is 6.61. The molecule has 1 N–H and O–H groups in total. The standard InChI is InChI=1S/C24H26F2N2OS/c1-16-13-28(17(2)12-27(16)14-18-6-7-22(25)23(26)10-18)24(20-8-9-30-15-20)19-4-3-5-21(29)11-19/h3-11,15-17,24,29H,12-14H2,1-2H3/t16-,17+,24+/m1/s1. The highest BCUT2D eigenvalue weighted by Crippen LogP contribution is 2.35. The maximum Gasteiger partial charge on any atom is 0.159 e. The van der Waals surface area contributed by atoms with Gasteiger partial charge in [0.1, 0.15) is 5.75 Å². The Hall–Kier alpha value is -2.28. The molecule has 3 atom stereocenters. The van der Waals surface area contributed by atoms with Crippen molar-refractivity contribution in [3.63, 3.8) is 0 Å². The molecule has 0 spiro atoms. The van der Waals surface area contributed by atoms with Crippen molar-refractivity contribution in [1.82, 2.24) is 9.80 Å². The largest absolute Gasteiger partial charge is 0.508 e. The maximum absolute atomic E-state index is 13.6. The highest BCUT2D eigenvalue weighted by molar-refractivity contribution is 7.08. The van der Waals surface area contributed by atoms with Crippen LogP contribution in [0.1, 0.15) is 36.6 Å². The van der Waals surface area contributed by atoms with E-state index in [0.29, 0.717) is 6.54 Å². The van der Waals surface area contributed by atoms with E-state index in [2.05, 4.69) is 46.5 Å². The normalized spacial score (nSPS) is 21.6. The molecular weight excluding hydrogens is 402 g/mol. The van der Waals surface area contributed by atoms with Crippen LogP contribution in [0.25, 0.3) is 0 Å². The Kier molecular flexibility index (Phi) is 6.18. The molecule has 6 heteroatoms. The molecular formula is C24H26F2N2OS. The minimum Gasteiger partial charge on any atom is -0.508 e. The van der Waals surface area contributed by atoms with E-state index in [1.807, 2.05) is 12.1 Å². The number of piperazine rings is 1. The lowest BCUT2D eigenvalue weighted by atomic mass is 9.95. The van der Waals surface area contributed by atoms with Crippen LogP contribution in [-0.2, 0) is 6.54 Å². The van der Waals surface area contributed by atoms with Crippen molar-refractivity contribution in [2.75, 3.05) is 13.1 Å². The zero-order valence-electron chi connectivity index (χ0n) is 17.1. The van der Waals surface area contributed by atoms with E-state index in [4.69, 9.17) is 0 Å².